The molecule has 0 aliphatic rings. The van der Waals surface area contributed by atoms with Crippen LogP contribution in [0, 0.1) is 6.92 Å². The van der Waals surface area contributed by atoms with Crippen LogP contribution >= 0.6 is 0 Å². The Labute approximate surface area is 198 Å². The number of hydrogen-bond acceptors (Lipinski definition) is 1. The molecule has 1 N–H and O–H groups in total. The van der Waals surface area contributed by atoms with Gasteiger partial charge < -0.3 is 5.11 Å². The summed E-state index contributed by atoms with van der Waals surface area (Å²) in [7, 11) is 0. The van der Waals surface area contributed by atoms with E-state index in [0.717, 1.165) is 12.8 Å². The van der Waals surface area contributed by atoms with Gasteiger partial charge in [0.05, 0.1) is 0 Å². The van der Waals surface area contributed by atoms with Crippen LogP contribution in [0.25, 0.3) is 0 Å². The maximum absolute atomic E-state index is 8.76. The van der Waals surface area contributed by atoms with E-state index in [9.17, 15) is 0 Å². The second kappa shape index (κ2) is 30.0. The third-order valence-electron chi connectivity index (χ3n) is 6.91. The fraction of sp³-hybridized carbons (Fsp3) is 0.967. The van der Waals surface area contributed by atoms with Gasteiger partial charge in [-0.2, -0.15) is 0 Å². The lowest BCUT2D eigenvalue weighted by Crippen LogP contribution is -1.85. The lowest BCUT2D eigenvalue weighted by atomic mass is 10.0. The zero-order valence-corrected chi connectivity index (χ0v) is 21.7. The van der Waals surface area contributed by atoms with E-state index in [1.54, 1.807) is 0 Å². The van der Waals surface area contributed by atoms with E-state index in [1.165, 1.54) is 167 Å². The van der Waals surface area contributed by atoms with E-state index >= 15 is 0 Å². The number of aliphatic hydroxyl groups excluding tert-OH is 1. The van der Waals surface area contributed by atoms with Crippen molar-refractivity contribution in [3.63, 3.8) is 0 Å². The number of hydrogen-bond donors (Lipinski definition) is 1. The highest BCUT2D eigenvalue weighted by atomic mass is 16.2. The molecular formula is C30H61O. The van der Waals surface area contributed by atoms with E-state index < -0.39 is 0 Å². The highest BCUT2D eigenvalue weighted by molar-refractivity contribution is 4.52. The molecule has 0 saturated carbocycles. The molecule has 0 fully saturated rings. The van der Waals surface area contributed by atoms with Gasteiger partial charge in [0, 0.05) is 6.61 Å². The summed E-state index contributed by atoms with van der Waals surface area (Å²) in [5.41, 5.74) is 0. The van der Waals surface area contributed by atoms with Gasteiger partial charge in [-0.1, -0.05) is 180 Å². The largest absolute Gasteiger partial charge is 0.396 e. The van der Waals surface area contributed by atoms with Crippen LogP contribution in [-0.2, 0) is 0 Å². The van der Waals surface area contributed by atoms with Crippen LogP contribution in [0.1, 0.15) is 180 Å². The predicted molar refractivity (Wildman–Crippen MR) is 142 cm³/mol. The molecule has 0 atom stereocenters. The Kier molecular flexibility index (Phi) is 29.9. The lowest BCUT2D eigenvalue weighted by Gasteiger charge is -2.04. The van der Waals surface area contributed by atoms with Crippen LogP contribution in [0.15, 0.2) is 0 Å². The molecule has 0 aliphatic heterocycles. The molecule has 31 heavy (non-hydrogen) atoms. The van der Waals surface area contributed by atoms with Gasteiger partial charge in [-0.3, -0.25) is 0 Å². The molecule has 0 aliphatic carbocycles. The lowest BCUT2D eigenvalue weighted by molar-refractivity contribution is 0.282. The molecule has 1 nitrogen and oxygen atoms in total. The van der Waals surface area contributed by atoms with Crippen LogP contribution in [0.4, 0.5) is 0 Å². The summed E-state index contributed by atoms with van der Waals surface area (Å²) in [6, 6.07) is 0. The van der Waals surface area contributed by atoms with Crippen molar-refractivity contribution >= 4 is 0 Å². The minimum Gasteiger partial charge on any atom is -0.396 e. The van der Waals surface area contributed by atoms with Crippen molar-refractivity contribution in [3.8, 4) is 0 Å². The van der Waals surface area contributed by atoms with Crippen LogP contribution in [0.2, 0.25) is 0 Å². The minimum atomic E-state index is 0.373. The Morgan fingerprint density at radius 1 is 0.258 bits per heavy atom. The van der Waals surface area contributed by atoms with Gasteiger partial charge in [-0.25, -0.2) is 0 Å². The Balaban J connectivity index is 2.98. The average molecular weight is 438 g/mol. The Morgan fingerprint density at radius 3 is 0.581 bits per heavy atom. The standard InChI is InChI=1S/C30H61O/c1-2-3-4-5-6-7-8-9-10-11-12-13-14-15-16-17-18-19-20-21-22-23-24-25-26-27-28-29-30-31/h31H,1-30H2. The minimum absolute atomic E-state index is 0.373. The van der Waals surface area contributed by atoms with Crippen molar-refractivity contribution < 1.29 is 5.11 Å². The maximum atomic E-state index is 8.76. The monoisotopic (exact) mass is 437 g/mol. The van der Waals surface area contributed by atoms with Gasteiger partial charge in [0.2, 0.25) is 0 Å². The fourth-order valence-corrected chi connectivity index (χ4v) is 4.71. The summed E-state index contributed by atoms with van der Waals surface area (Å²) >= 11 is 0. The molecule has 0 bridgehead atoms. The van der Waals surface area contributed by atoms with E-state index in [2.05, 4.69) is 6.92 Å². The average Bonchev–Trinajstić information content (AvgIpc) is 2.78. The molecule has 0 rings (SSSR count). The van der Waals surface area contributed by atoms with Gasteiger partial charge in [0.25, 0.3) is 0 Å². The van der Waals surface area contributed by atoms with Crippen molar-refractivity contribution in [1.29, 1.82) is 0 Å². The number of rotatable bonds is 28. The summed E-state index contributed by atoms with van der Waals surface area (Å²) in [6.07, 6.45) is 39.5. The van der Waals surface area contributed by atoms with Crippen molar-refractivity contribution in [3.05, 3.63) is 6.92 Å². The maximum Gasteiger partial charge on any atom is 0.0431 e. The summed E-state index contributed by atoms with van der Waals surface area (Å²) < 4.78 is 0. The molecular weight excluding hydrogens is 376 g/mol. The smallest absolute Gasteiger partial charge is 0.0431 e. The van der Waals surface area contributed by atoms with Crippen LogP contribution in [0.3, 0.4) is 0 Å². The zero-order chi connectivity index (χ0) is 22.5. The van der Waals surface area contributed by atoms with E-state index in [4.69, 9.17) is 5.11 Å². The Morgan fingerprint density at radius 2 is 0.419 bits per heavy atom. The number of unbranched alkanes of at least 4 members (excludes halogenated alkanes) is 27. The first-order valence-corrected chi connectivity index (χ1v) is 14.8. The number of aliphatic hydroxyl groups is 1. The van der Waals surface area contributed by atoms with Gasteiger partial charge in [-0.15, -0.1) is 0 Å². The van der Waals surface area contributed by atoms with Gasteiger partial charge >= 0.3 is 0 Å². The van der Waals surface area contributed by atoms with E-state index in [-0.39, 0.29) is 0 Å². The SMILES string of the molecule is [CH2]CCCCCCCCCCCCCCCCCCCCCCCCCCCCCO. The first kappa shape index (κ1) is 31.0. The quantitative estimate of drug-likeness (QED) is 0.121. The molecule has 0 aromatic carbocycles. The Hall–Kier alpha value is -0.0400. The summed E-state index contributed by atoms with van der Waals surface area (Å²) in [6.45, 7) is 4.29. The second-order valence-electron chi connectivity index (χ2n) is 10.1. The van der Waals surface area contributed by atoms with Crippen molar-refractivity contribution in [2.75, 3.05) is 6.61 Å². The van der Waals surface area contributed by atoms with Crippen LogP contribution in [-0.4, -0.2) is 11.7 Å². The highest BCUT2D eigenvalue weighted by Crippen LogP contribution is 2.16. The highest BCUT2D eigenvalue weighted by Gasteiger charge is 1.96. The fourth-order valence-electron chi connectivity index (χ4n) is 4.71. The van der Waals surface area contributed by atoms with E-state index in [0.29, 0.717) is 6.61 Å². The molecule has 0 spiro atoms. The summed E-state index contributed by atoms with van der Waals surface area (Å²) in [5, 5.41) is 8.76. The molecule has 1 radical (unpaired) electrons. The van der Waals surface area contributed by atoms with Gasteiger partial charge in [0.15, 0.2) is 0 Å². The third-order valence-corrected chi connectivity index (χ3v) is 6.91. The van der Waals surface area contributed by atoms with Crippen LogP contribution < -0.4 is 0 Å². The molecule has 1 heteroatoms. The zero-order valence-electron chi connectivity index (χ0n) is 21.7. The van der Waals surface area contributed by atoms with Crippen molar-refractivity contribution in [1.82, 2.24) is 0 Å². The van der Waals surface area contributed by atoms with Crippen molar-refractivity contribution in [2.24, 2.45) is 0 Å². The molecule has 0 heterocycles. The van der Waals surface area contributed by atoms with Crippen molar-refractivity contribution in [2.45, 2.75) is 180 Å². The third kappa shape index (κ3) is 30.0. The van der Waals surface area contributed by atoms with E-state index in [1.807, 2.05) is 0 Å². The summed E-state index contributed by atoms with van der Waals surface area (Å²) in [4.78, 5) is 0. The predicted octanol–water partition coefficient (Wildman–Crippen LogP) is 10.7. The van der Waals surface area contributed by atoms with Gasteiger partial charge in [-0.05, 0) is 6.42 Å². The topological polar surface area (TPSA) is 20.2 Å². The first-order valence-electron chi connectivity index (χ1n) is 14.8. The first-order chi connectivity index (χ1) is 15.4. The second-order valence-corrected chi connectivity index (χ2v) is 10.1. The van der Waals surface area contributed by atoms with Gasteiger partial charge in [0.1, 0.15) is 0 Å². The molecule has 187 valence electrons. The van der Waals surface area contributed by atoms with Crippen LogP contribution in [0.5, 0.6) is 0 Å². The molecule has 0 aromatic heterocycles. The molecule has 0 amide bonds. The normalized spacial score (nSPS) is 11.4. The molecule has 0 saturated heterocycles. The Bertz CT molecular complexity index is 260. The molecule has 0 aromatic rings. The summed E-state index contributed by atoms with van der Waals surface area (Å²) in [5.74, 6) is 0. The molecule has 0 unspecified atom stereocenters.